The van der Waals surface area contributed by atoms with E-state index in [0.717, 1.165) is 32.9 Å². The number of esters is 3. The fourth-order valence-electron chi connectivity index (χ4n) is 12.7. The molecule has 524 valence electrons. The third-order valence-corrected chi connectivity index (χ3v) is 19.1. The molecule has 2 aromatic carbocycles. The van der Waals surface area contributed by atoms with Crippen LogP contribution in [0.5, 0.6) is 0 Å². The minimum absolute atomic E-state index is 0.245. The van der Waals surface area contributed by atoms with Crippen LogP contribution in [-0.2, 0) is 62.2 Å². The van der Waals surface area contributed by atoms with Crippen LogP contribution in [0.15, 0.2) is 72.8 Å². The van der Waals surface area contributed by atoms with Gasteiger partial charge in [-0.1, -0.05) is 102 Å². The molecule has 25 heteroatoms. The fourth-order valence-corrected chi connectivity index (χ4v) is 12.7. The number of nitrogens with one attached hydrogen (secondary N) is 6. The number of aromatic nitrogens is 2. The minimum atomic E-state index is -1.15. The van der Waals surface area contributed by atoms with Gasteiger partial charge in [-0.3, -0.25) is 67.9 Å². The number of carbonyl (C=O) groups is 10. The molecule has 2 aliphatic carbocycles. The topological polar surface area (TPSA) is 323 Å². The second-order valence-corrected chi connectivity index (χ2v) is 27.4. The Morgan fingerprint density at radius 3 is 1.33 bits per heavy atom. The number of ether oxygens (including phenoxy) is 3. The van der Waals surface area contributed by atoms with E-state index < -0.39 is 94.9 Å². The number of benzene rings is 2. The summed E-state index contributed by atoms with van der Waals surface area (Å²) in [7, 11) is 0. The summed E-state index contributed by atoms with van der Waals surface area (Å²) >= 11 is 4.82. The molecule has 4 aromatic rings. The monoisotopic (exact) mass is 1360 g/mol. The van der Waals surface area contributed by atoms with E-state index in [1.54, 1.807) is 55.4 Å². The third-order valence-electron chi connectivity index (χ3n) is 18.8. The lowest BCUT2D eigenvalue weighted by Gasteiger charge is -2.37. The fraction of sp³-hybridized carbons (Fsp3) is 0.556. The van der Waals surface area contributed by atoms with Gasteiger partial charge in [-0.25, -0.2) is 10.9 Å². The molecular weight excluding hydrogens is 1260 g/mol. The van der Waals surface area contributed by atoms with Crippen LogP contribution in [0.4, 0.5) is 0 Å². The van der Waals surface area contributed by atoms with Gasteiger partial charge in [0.25, 0.3) is 23.6 Å². The Kier molecular flexibility index (Phi) is 25.7. The maximum Gasteiger partial charge on any atom is 0.316 e. The van der Waals surface area contributed by atoms with E-state index in [1.165, 1.54) is 10.0 Å². The van der Waals surface area contributed by atoms with Gasteiger partial charge in [0.15, 0.2) is 12.2 Å². The number of aliphatic hydroxyl groups is 1. The molecule has 4 fully saturated rings. The zero-order chi connectivity index (χ0) is 70.5. The first-order valence-electron chi connectivity index (χ1n) is 34.2. The van der Waals surface area contributed by atoms with Crippen molar-refractivity contribution in [2.45, 2.75) is 220 Å². The van der Waals surface area contributed by atoms with Crippen LogP contribution in [-0.4, -0.2) is 145 Å². The molecule has 2 saturated heterocycles. The number of hydrogen-bond acceptors (Lipinski definition) is 18. The van der Waals surface area contributed by atoms with Gasteiger partial charge in [-0.05, 0) is 164 Å². The first-order chi connectivity index (χ1) is 46.1. The summed E-state index contributed by atoms with van der Waals surface area (Å²) in [5, 5.41) is 26.1. The van der Waals surface area contributed by atoms with E-state index in [-0.39, 0.29) is 53.4 Å². The van der Waals surface area contributed by atoms with Crippen LogP contribution in [0.25, 0.3) is 34.0 Å². The maximum absolute atomic E-state index is 14.1. The van der Waals surface area contributed by atoms with Crippen LogP contribution in [0, 0.1) is 22.7 Å². The number of halogens is 1. The third kappa shape index (κ3) is 19.1. The zero-order valence-corrected chi connectivity index (χ0v) is 58.0. The van der Waals surface area contributed by atoms with E-state index >= 15 is 0 Å². The van der Waals surface area contributed by atoms with E-state index in [9.17, 15) is 53.1 Å². The highest BCUT2D eigenvalue weighted by molar-refractivity contribution is 6.63. The molecule has 6 heterocycles. The van der Waals surface area contributed by atoms with Crippen molar-refractivity contribution in [3.05, 3.63) is 95.3 Å². The van der Waals surface area contributed by atoms with Gasteiger partial charge in [0.1, 0.15) is 30.3 Å². The summed E-state index contributed by atoms with van der Waals surface area (Å²) in [5.74, 6) is -4.53. The standard InChI is InChI=1S/C36H47N5O7.C33H43N5O6.C3H5ClO/c1-6-30(42)47-26-14-17-36(18-15-26)16-13-24-9-10-25-11-12-27(39-29(25)20-24)22(4)37-32(43)28-8-7-19-41(40-28)34(45)23(5)38-33(44)31(21(2)3)48-35(36)46;1-19(2)28-30(41)35-21(4)31(42)38-17-5-6-26(37-38)29(40)34-20(3)25-10-9-23-8-7-22(18-27(23)36-25)11-14-33(32(43)44-28)15-12-24(39)13-16-33;1-2-3(4)5/h9-13,16,20-23,26,28,31,40H,6-8,14-15,17-19H2,1-5H3,(H,37,43)(H,38,44);7-11,14,18-21,24,26,28,37,39H,5-6,12-13,15-17H2,1-4H3,(H,34,40)(H,35,41);2H2,1H3/b16-13+;14-11+;/t22-,23+,26?,28+,31+,36?;20-,21+,24?,26+,28+,33?;/m11./s1. The Labute approximate surface area is 571 Å². The number of hydrazine groups is 2. The van der Waals surface area contributed by atoms with Crippen molar-refractivity contribution in [3.8, 4) is 0 Å². The number of hydrogen-bond donors (Lipinski definition) is 7. The Bertz CT molecular complexity index is 3620. The molecule has 4 aliphatic heterocycles. The summed E-state index contributed by atoms with van der Waals surface area (Å²) in [6.07, 6.45) is 10.6. The zero-order valence-electron chi connectivity index (χ0n) is 57.2. The first kappa shape index (κ1) is 74.6. The smallest absolute Gasteiger partial charge is 0.316 e. The summed E-state index contributed by atoms with van der Waals surface area (Å²) in [6, 6.07) is 15.4. The highest BCUT2D eigenvalue weighted by Crippen LogP contribution is 2.43. The number of pyridine rings is 2. The average molecular weight is 1360 g/mol. The van der Waals surface area contributed by atoms with Gasteiger partial charge in [0.2, 0.25) is 17.1 Å². The van der Waals surface area contributed by atoms with Gasteiger partial charge in [-0.15, -0.1) is 0 Å². The summed E-state index contributed by atoms with van der Waals surface area (Å²) in [5.41, 5.74) is 8.47. The molecule has 2 aromatic heterocycles. The van der Waals surface area contributed by atoms with Crippen molar-refractivity contribution in [1.29, 1.82) is 0 Å². The predicted octanol–water partition coefficient (Wildman–Crippen LogP) is 7.98. The van der Waals surface area contributed by atoms with E-state index in [2.05, 4.69) is 32.1 Å². The van der Waals surface area contributed by atoms with E-state index in [1.807, 2.05) is 98.8 Å². The Morgan fingerprint density at radius 2 is 0.948 bits per heavy atom. The summed E-state index contributed by atoms with van der Waals surface area (Å²) < 4.78 is 17.5. The number of fused-ring (bicyclic) bond motifs is 8. The normalized spacial score (nSPS) is 29.4. The molecule has 0 unspecified atom stereocenters. The summed E-state index contributed by atoms with van der Waals surface area (Å²) in [4.78, 5) is 140. The van der Waals surface area contributed by atoms with Crippen molar-refractivity contribution >= 4 is 104 Å². The average Bonchev–Trinajstić information content (AvgIpc) is 1.27. The van der Waals surface area contributed by atoms with Crippen LogP contribution < -0.4 is 32.1 Å². The number of nitrogens with zero attached hydrogens (tertiary/aromatic N) is 4. The molecule has 6 amide bonds. The lowest BCUT2D eigenvalue weighted by atomic mass is 9.72. The lowest BCUT2D eigenvalue weighted by molar-refractivity contribution is -0.170. The molecule has 6 aliphatic rings. The molecule has 2 spiro atoms. The van der Waals surface area contributed by atoms with E-state index in [0.29, 0.717) is 108 Å². The number of aliphatic hydroxyl groups excluding tert-OH is 1. The Morgan fingerprint density at radius 1 is 0.567 bits per heavy atom. The lowest BCUT2D eigenvalue weighted by Crippen LogP contribution is -2.61. The van der Waals surface area contributed by atoms with Crippen molar-refractivity contribution in [2.24, 2.45) is 22.7 Å². The molecule has 8 atom stereocenters. The molecule has 7 N–H and O–H groups in total. The van der Waals surface area contributed by atoms with Crippen LogP contribution in [0.3, 0.4) is 0 Å². The molecule has 2 saturated carbocycles. The Hall–Kier alpha value is -8.19. The quantitative estimate of drug-likeness (QED) is 0.0565. The van der Waals surface area contributed by atoms with Gasteiger partial charge in [-0.2, -0.15) is 0 Å². The second kappa shape index (κ2) is 33.4. The van der Waals surface area contributed by atoms with Crippen LogP contribution in [0.1, 0.15) is 194 Å². The van der Waals surface area contributed by atoms with E-state index in [4.69, 9.17) is 35.8 Å². The summed E-state index contributed by atoms with van der Waals surface area (Å²) in [6.45, 7) is 18.2. The van der Waals surface area contributed by atoms with Crippen LogP contribution >= 0.6 is 11.6 Å². The number of cyclic esters (lactones) is 2. The van der Waals surface area contributed by atoms with Crippen LogP contribution in [0.2, 0.25) is 0 Å². The predicted molar refractivity (Wildman–Crippen MR) is 364 cm³/mol. The molecule has 0 radical (unpaired) electrons. The number of rotatable bonds is 5. The highest BCUT2D eigenvalue weighted by Gasteiger charge is 2.46. The second-order valence-electron chi connectivity index (χ2n) is 27.0. The highest BCUT2D eigenvalue weighted by atomic mass is 35.5. The van der Waals surface area contributed by atoms with Gasteiger partial charge in [0.05, 0.1) is 51.4 Å². The largest absolute Gasteiger partial charge is 0.462 e. The molecule has 10 rings (SSSR count). The molecule has 24 nitrogen and oxygen atoms in total. The number of carbonyl (C=O) groups excluding carboxylic acids is 10. The molecule has 10 bridgehead atoms. The SMILES string of the molecule is CC(C)[C@@H]1OC(=O)C2(/C=C/c3ccc4ccc(nc4c3)[C@@H](C)NC(=O)[C@@H]3CCCN(N3)C(=O)[C@H](C)NC1=O)CCC(O)CC2.CCC(=O)Cl.CCC(=O)OC1CCC2(/C=C/c3ccc4ccc(nc4c3)[C@@H](C)NC(=O)[C@@H]3CCCN(N3)C(=O)[C@H](C)NC(=O)[C@H](C(C)C)OC2=O)CC1. The maximum atomic E-state index is 14.1. The molecule has 97 heavy (non-hydrogen) atoms. The van der Waals surface area contributed by atoms with Gasteiger partial charge < -0.3 is 40.6 Å². The van der Waals surface area contributed by atoms with Gasteiger partial charge >= 0.3 is 17.9 Å². The first-order valence-corrected chi connectivity index (χ1v) is 34.5. The van der Waals surface area contributed by atoms with Crippen molar-refractivity contribution in [1.82, 2.24) is 52.1 Å². The Balaban J connectivity index is 0.000000232. The van der Waals surface area contributed by atoms with Crippen molar-refractivity contribution in [3.63, 3.8) is 0 Å². The van der Waals surface area contributed by atoms with Crippen molar-refractivity contribution < 1.29 is 67.3 Å². The minimum Gasteiger partial charge on any atom is -0.462 e. The number of amides is 6. The van der Waals surface area contributed by atoms with Crippen molar-refractivity contribution in [2.75, 3.05) is 13.1 Å². The molecular formula is C72H95ClN10O14. The van der Waals surface area contributed by atoms with Gasteiger partial charge in [0, 0.05) is 36.7 Å².